The highest BCUT2D eigenvalue weighted by Gasteiger charge is 2.10. The molecule has 0 radical (unpaired) electrons. The molecule has 0 amide bonds. The van der Waals surface area contributed by atoms with Crippen LogP contribution in [-0.4, -0.2) is 38.7 Å². The Kier molecular flexibility index (Phi) is 9.49. The molecule has 0 aromatic heterocycles. The number of nitrogens with one attached hydrogen (secondary N) is 1. The van der Waals surface area contributed by atoms with Crippen LogP contribution in [0.15, 0.2) is 24.3 Å². The zero-order chi connectivity index (χ0) is 15.3. The lowest BCUT2D eigenvalue weighted by molar-refractivity contribution is 0.0983. The van der Waals surface area contributed by atoms with E-state index in [4.69, 9.17) is 9.47 Å². The first kappa shape index (κ1) is 17.7. The Labute approximate surface area is 127 Å². The molecule has 0 spiro atoms. The number of rotatable bonds is 12. The molecule has 4 nitrogen and oxygen atoms in total. The fourth-order valence-corrected chi connectivity index (χ4v) is 1.92. The molecular weight excluding hydrogens is 266 g/mol. The molecule has 0 aliphatic carbocycles. The minimum absolute atomic E-state index is 0.0611. The monoisotopic (exact) mass is 293 g/mol. The van der Waals surface area contributed by atoms with Gasteiger partial charge in [-0.25, -0.2) is 0 Å². The van der Waals surface area contributed by atoms with Gasteiger partial charge in [-0.15, -0.1) is 0 Å². The van der Waals surface area contributed by atoms with Crippen LogP contribution in [0.25, 0.3) is 0 Å². The summed E-state index contributed by atoms with van der Waals surface area (Å²) in [5.41, 5.74) is 0.644. The van der Waals surface area contributed by atoms with E-state index in [2.05, 4.69) is 12.2 Å². The van der Waals surface area contributed by atoms with Crippen molar-refractivity contribution in [1.29, 1.82) is 0 Å². The minimum Gasteiger partial charge on any atom is -0.493 e. The van der Waals surface area contributed by atoms with Crippen molar-refractivity contribution in [3.63, 3.8) is 0 Å². The van der Waals surface area contributed by atoms with E-state index in [0.29, 0.717) is 24.5 Å². The van der Waals surface area contributed by atoms with E-state index in [1.165, 1.54) is 0 Å². The van der Waals surface area contributed by atoms with Crippen LogP contribution in [0.3, 0.4) is 0 Å². The van der Waals surface area contributed by atoms with Crippen LogP contribution in [-0.2, 0) is 4.74 Å². The number of carbonyl (C=O) groups excluding carboxylic acids is 1. The molecule has 1 aromatic carbocycles. The Morgan fingerprint density at radius 2 is 1.90 bits per heavy atom. The molecule has 1 rings (SSSR count). The maximum Gasteiger partial charge on any atom is 0.180 e. The number of carbonyl (C=O) groups is 1. The van der Waals surface area contributed by atoms with Gasteiger partial charge in [0.05, 0.1) is 18.7 Å². The van der Waals surface area contributed by atoms with E-state index in [1.807, 2.05) is 31.2 Å². The third-order valence-electron chi connectivity index (χ3n) is 3.06. The second-order valence-corrected chi connectivity index (χ2v) is 4.85. The van der Waals surface area contributed by atoms with Crippen LogP contribution < -0.4 is 10.1 Å². The van der Waals surface area contributed by atoms with Crippen LogP contribution in [0, 0.1) is 0 Å². The minimum atomic E-state index is 0.0611. The van der Waals surface area contributed by atoms with Gasteiger partial charge in [0.2, 0.25) is 0 Å². The van der Waals surface area contributed by atoms with E-state index >= 15 is 0 Å². The van der Waals surface area contributed by atoms with Crippen molar-refractivity contribution < 1.29 is 14.3 Å². The van der Waals surface area contributed by atoms with Crippen molar-refractivity contribution in [2.24, 2.45) is 0 Å². The first-order valence-electron chi connectivity index (χ1n) is 7.83. The quantitative estimate of drug-likeness (QED) is 0.475. The smallest absolute Gasteiger partial charge is 0.180 e. The molecule has 0 aliphatic heterocycles. The summed E-state index contributed by atoms with van der Waals surface area (Å²) in [6.07, 6.45) is 3.19. The van der Waals surface area contributed by atoms with Crippen LogP contribution in [0.2, 0.25) is 0 Å². The largest absolute Gasteiger partial charge is 0.493 e. The molecule has 118 valence electrons. The topological polar surface area (TPSA) is 47.6 Å². The highest BCUT2D eigenvalue weighted by Crippen LogP contribution is 2.18. The average Bonchev–Trinajstić information content (AvgIpc) is 2.50. The van der Waals surface area contributed by atoms with Gasteiger partial charge in [0.25, 0.3) is 0 Å². The average molecular weight is 293 g/mol. The van der Waals surface area contributed by atoms with Gasteiger partial charge in [-0.2, -0.15) is 0 Å². The lowest BCUT2D eigenvalue weighted by atomic mass is 10.1. The Balaban J connectivity index is 2.22. The first-order chi connectivity index (χ1) is 10.3. The summed E-state index contributed by atoms with van der Waals surface area (Å²) in [5.74, 6) is 0.723. The number of hydrogen-bond acceptors (Lipinski definition) is 4. The Bertz CT molecular complexity index is 407. The number of unbranched alkanes of at least 4 members (excludes halogenated alkanes) is 1. The van der Waals surface area contributed by atoms with Crippen molar-refractivity contribution in [3.8, 4) is 5.75 Å². The summed E-state index contributed by atoms with van der Waals surface area (Å²) in [4.78, 5) is 12.1. The van der Waals surface area contributed by atoms with Crippen molar-refractivity contribution in [2.45, 2.75) is 33.1 Å². The molecule has 0 fully saturated rings. The molecule has 0 saturated heterocycles. The second kappa shape index (κ2) is 11.3. The molecule has 21 heavy (non-hydrogen) atoms. The number of para-hydroxylation sites is 1. The van der Waals surface area contributed by atoms with Gasteiger partial charge in [-0.05, 0) is 38.4 Å². The highest BCUT2D eigenvalue weighted by atomic mass is 16.5. The SMILES string of the molecule is CCCCOCCCNCC(=O)c1ccccc1OCC. The molecule has 0 aliphatic rings. The summed E-state index contributed by atoms with van der Waals surface area (Å²) < 4.78 is 10.9. The molecule has 1 aromatic rings. The normalized spacial score (nSPS) is 10.6. The number of ketones is 1. The number of benzene rings is 1. The van der Waals surface area contributed by atoms with E-state index in [-0.39, 0.29) is 5.78 Å². The van der Waals surface area contributed by atoms with Crippen molar-refractivity contribution in [2.75, 3.05) is 32.9 Å². The Hall–Kier alpha value is -1.39. The number of hydrogen-bond donors (Lipinski definition) is 1. The maximum atomic E-state index is 12.1. The maximum absolute atomic E-state index is 12.1. The third-order valence-corrected chi connectivity index (χ3v) is 3.06. The van der Waals surface area contributed by atoms with Gasteiger partial charge >= 0.3 is 0 Å². The van der Waals surface area contributed by atoms with Gasteiger partial charge in [0, 0.05) is 13.2 Å². The number of Topliss-reactive ketones (excluding diaryl/α,β-unsaturated/α-hetero) is 1. The highest BCUT2D eigenvalue weighted by molar-refractivity contribution is 6.00. The lowest BCUT2D eigenvalue weighted by Gasteiger charge is -2.09. The number of ether oxygens (including phenoxy) is 2. The van der Waals surface area contributed by atoms with Gasteiger partial charge in [-0.3, -0.25) is 4.79 Å². The lowest BCUT2D eigenvalue weighted by Crippen LogP contribution is -2.25. The summed E-state index contributed by atoms with van der Waals surface area (Å²) in [5, 5.41) is 3.16. The predicted molar refractivity (Wildman–Crippen MR) is 85.2 cm³/mol. The zero-order valence-corrected chi connectivity index (χ0v) is 13.2. The van der Waals surface area contributed by atoms with Crippen molar-refractivity contribution in [3.05, 3.63) is 29.8 Å². The summed E-state index contributed by atoms with van der Waals surface area (Å²) >= 11 is 0. The second-order valence-electron chi connectivity index (χ2n) is 4.85. The predicted octanol–water partition coefficient (Wildman–Crippen LogP) is 3.06. The molecule has 0 heterocycles. The van der Waals surface area contributed by atoms with Crippen LogP contribution in [0.1, 0.15) is 43.5 Å². The van der Waals surface area contributed by atoms with Crippen LogP contribution in [0.5, 0.6) is 5.75 Å². The Morgan fingerprint density at radius 3 is 2.67 bits per heavy atom. The third kappa shape index (κ3) is 7.25. The van der Waals surface area contributed by atoms with Crippen LogP contribution >= 0.6 is 0 Å². The molecule has 0 bridgehead atoms. The van der Waals surface area contributed by atoms with Crippen molar-refractivity contribution in [1.82, 2.24) is 5.32 Å². The van der Waals surface area contributed by atoms with E-state index in [9.17, 15) is 4.79 Å². The van der Waals surface area contributed by atoms with Gasteiger partial charge in [0.1, 0.15) is 5.75 Å². The fourth-order valence-electron chi connectivity index (χ4n) is 1.92. The van der Waals surface area contributed by atoms with Gasteiger partial charge in [0.15, 0.2) is 5.78 Å². The van der Waals surface area contributed by atoms with Crippen molar-refractivity contribution >= 4 is 5.78 Å². The molecule has 4 heteroatoms. The molecule has 1 N–H and O–H groups in total. The summed E-state index contributed by atoms with van der Waals surface area (Å²) in [7, 11) is 0. The van der Waals surface area contributed by atoms with Gasteiger partial charge < -0.3 is 14.8 Å². The fraction of sp³-hybridized carbons (Fsp3) is 0.588. The summed E-state index contributed by atoms with van der Waals surface area (Å²) in [6, 6.07) is 7.38. The first-order valence-corrected chi connectivity index (χ1v) is 7.83. The van der Waals surface area contributed by atoms with E-state index in [0.717, 1.165) is 39.0 Å². The van der Waals surface area contributed by atoms with E-state index in [1.54, 1.807) is 0 Å². The molecule has 0 unspecified atom stereocenters. The van der Waals surface area contributed by atoms with Crippen LogP contribution in [0.4, 0.5) is 0 Å². The molecule has 0 saturated carbocycles. The Morgan fingerprint density at radius 1 is 1.14 bits per heavy atom. The van der Waals surface area contributed by atoms with Gasteiger partial charge in [-0.1, -0.05) is 25.5 Å². The molecule has 0 atom stereocenters. The zero-order valence-electron chi connectivity index (χ0n) is 13.2. The van der Waals surface area contributed by atoms with E-state index < -0.39 is 0 Å². The molecular formula is C17H27NO3. The summed E-state index contributed by atoms with van der Waals surface area (Å²) in [6.45, 7) is 7.32. The standard InChI is InChI=1S/C17H27NO3/c1-3-5-12-20-13-8-11-18-14-16(19)15-9-6-7-10-17(15)21-4-2/h6-7,9-10,18H,3-5,8,11-14H2,1-2H3.